The molecule has 0 aliphatic carbocycles. The number of amides is 1. The average Bonchev–Trinajstić information content (AvgIpc) is 2.68. The molecule has 2 fully saturated rings. The first kappa shape index (κ1) is 18.4. The topological polar surface area (TPSA) is 57.7 Å². The number of hydrogen-bond donors (Lipinski definition) is 0. The van der Waals surface area contributed by atoms with Gasteiger partial charge in [0.15, 0.2) is 0 Å². The molecule has 25 heavy (non-hydrogen) atoms. The number of piperidine rings is 2. The predicted octanol–water partition coefficient (Wildman–Crippen LogP) is 2.88. The summed E-state index contributed by atoms with van der Waals surface area (Å²) in [7, 11) is -3.44. The van der Waals surface area contributed by atoms with Crippen LogP contribution in [-0.4, -0.2) is 49.2 Å². The van der Waals surface area contributed by atoms with Gasteiger partial charge < -0.3 is 4.90 Å². The summed E-state index contributed by atoms with van der Waals surface area (Å²) >= 11 is 0. The van der Waals surface area contributed by atoms with Crippen molar-refractivity contribution in [3.63, 3.8) is 0 Å². The van der Waals surface area contributed by atoms with Crippen molar-refractivity contribution in [3.8, 4) is 0 Å². The van der Waals surface area contributed by atoms with Crippen LogP contribution in [0.1, 0.15) is 45.4 Å². The van der Waals surface area contributed by atoms with E-state index in [1.54, 1.807) is 24.3 Å². The summed E-state index contributed by atoms with van der Waals surface area (Å²) < 4.78 is 26.9. The minimum Gasteiger partial charge on any atom is -0.339 e. The predicted molar refractivity (Wildman–Crippen MR) is 97.6 cm³/mol. The quantitative estimate of drug-likeness (QED) is 0.825. The van der Waals surface area contributed by atoms with Gasteiger partial charge in [0.2, 0.25) is 15.9 Å². The van der Waals surface area contributed by atoms with Crippen molar-refractivity contribution < 1.29 is 13.2 Å². The normalized spacial score (nSPS) is 23.6. The van der Waals surface area contributed by atoms with E-state index in [4.69, 9.17) is 0 Å². The first-order valence-corrected chi connectivity index (χ1v) is 10.8. The third-order valence-corrected chi connectivity index (χ3v) is 7.48. The zero-order valence-electron chi connectivity index (χ0n) is 14.9. The van der Waals surface area contributed by atoms with Crippen molar-refractivity contribution in [1.29, 1.82) is 0 Å². The van der Waals surface area contributed by atoms with E-state index in [-0.39, 0.29) is 11.8 Å². The van der Waals surface area contributed by atoms with Gasteiger partial charge in [-0.15, -0.1) is 0 Å². The number of carbonyl (C=O) groups excluding carboxylic acids is 1. The monoisotopic (exact) mass is 364 g/mol. The third-order valence-electron chi connectivity index (χ3n) is 5.57. The second-order valence-corrected chi connectivity index (χ2v) is 9.02. The van der Waals surface area contributed by atoms with E-state index in [1.807, 2.05) is 6.07 Å². The van der Waals surface area contributed by atoms with Crippen LogP contribution in [0.3, 0.4) is 0 Å². The van der Waals surface area contributed by atoms with Gasteiger partial charge >= 0.3 is 0 Å². The van der Waals surface area contributed by atoms with Gasteiger partial charge in [-0.3, -0.25) is 4.79 Å². The van der Waals surface area contributed by atoms with Gasteiger partial charge in [-0.1, -0.05) is 25.1 Å². The van der Waals surface area contributed by atoms with Gasteiger partial charge in [0.1, 0.15) is 0 Å². The Bertz CT molecular complexity index is 682. The van der Waals surface area contributed by atoms with Crippen molar-refractivity contribution in [2.45, 2.75) is 56.4 Å². The molecule has 0 aromatic heterocycles. The molecule has 0 bridgehead atoms. The summed E-state index contributed by atoms with van der Waals surface area (Å²) in [5, 5.41) is 0. The molecule has 138 valence electrons. The molecular weight excluding hydrogens is 336 g/mol. The van der Waals surface area contributed by atoms with E-state index in [1.165, 1.54) is 10.7 Å². The van der Waals surface area contributed by atoms with Crippen LogP contribution in [-0.2, 0) is 14.8 Å². The number of sulfonamides is 1. The second kappa shape index (κ2) is 7.87. The largest absolute Gasteiger partial charge is 0.339 e. The van der Waals surface area contributed by atoms with E-state index in [9.17, 15) is 13.2 Å². The molecule has 0 saturated carbocycles. The summed E-state index contributed by atoms with van der Waals surface area (Å²) in [4.78, 5) is 15.3. The fraction of sp³-hybridized carbons (Fsp3) is 0.632. The minimum atomic E-state index is -3.44. The standard InChI is InChI=1S/C19H28N2O3S/c1-2-17-8-6-7-13-21(17)19(22)16-11-14-20(15-12-16)25(23,24)18-9-4-3-5-10-18/h3-5,9-10,16-17H,2,6-8,11-15H2,1H3. The fourth-order valence-electron chi connectivity index (χ4n) is 4.03. The SMILES string of the molecule is CCC1CCCCN1C(=O)C1CCN(S(=O)(=O)c2ccccc2)CC1. The zero-order chi connectivity index (χ0) is 17.9. The number of benzene rings is 1. The molecule has 6 heteroatoms. The van der Waals surface area contributed by atoms with Gasteiger partial charge in [0.05, 0.1) is 4.90 Å². The van der Waals surface area contributed by atoms with Gasteiger partial charge in [-0.2, -0.15) is 4.31 Å². The Hall–Kier alpha value is -1.40. The average molecular weight is 365 g/mol. The first-order valence-electron chi connectivity index (χ1n) is 9.39. The summed E-state index contributed by atoms with van der Waals surface area (Å²) in [6.45, 7) is 3.86. The molecule has 2 heterocycles. The Balaban J connectivity index is 1.63. The van der Waals surface area contributed by atoms with E-state index < -0.39 is 10.0 Å². The van der Waals surface area contributed by atoms with Crippen molar-refractivity contribution >= 4 is 15.9 Å². The fourth-order valence-corrected chi connectivity index (χ4v) is 5.53. The maximum atomic E-state index is 12.9. The summed E-state index contributed by atoms with van der Waals surface area (Å²) in [6, 6.07) is 8.92. The molecule has 5 nitrogen and oxygen atoms in total. The smallest absolute Gasteiger partial charge is 0.243 e. The van der Waals surface area contributed by atoms with Crippen LogP contribution in [0, 0.1) is 5.92 Å². The van der Waals surface area contributed by atoms with Crippen molar-refractivity contribution in [2.24, 2.45) is 5.92 Å². The highest BCUT2D eigenvalue weighted by molar-refractivity contribution is 7.89. The molecule has 1 atom stereocenters. The highest BCUT2D eigenvalue weighted by atomic mass is 32.2. The van der Waals surface area contributed by atoms with Crippen LogP contribution in [0.25, 0.3) is 0 Å². The molecule has 1 unspecified atom stereocenters. The Morgan fingerprint density at radius 2 is 1.72 bits per heavy atom. The number of carbonyl (C=O) groups is 1. The minimum absolute atomic E-state index is 0.0330. The lowest BCUT2D eigenvalue weighted by Gasteiger charge is -2.39. The molecule has 0 radical (unpaired) electrons. The maximum absolute atomic E-state index is 12.9. The molecule has 2 aliphatic heterocycles. The van der Waals surface area contributed by atoms with Crippen LogP contribution in [0.4, 0.5) is 0 Å². The Kier molecular flexibility index (Phi) is 5.79. The molecule has 0 N–H and O–H groups in total. The summed E-state index contributed by atoms with van der Waals surface area (Å²) in [6.07, 6.45) is 5.64. The molecule has 2 saturated heterocycles. The van der Waals surface area contributed by atoms with Crippen LogP contribution < -0.4 is 0 Å². The molecule has 1 aromatic rings. The number of likely N-dealkylation sites (tertiary alicyclic amines) is 1. The van der Waals surface area contributed by atoms with Crippen LogP contribution in [0.2, 0.25) is 0 Å². The molecule has 1 amide bonds. The first-order chi connectivity index (χ1) is 12.0. The lowest BCUT2D eigenvalue weighted by atomic mass is 9.92. The number of nitrogens with zero attached hydrogens (tertiary/aromatic N) is 2. The Morgan fingerprint density at radius 1 is 1.04 bits per heavy atom. The molecule has 0 spiro atoms. The van der Waals surface area contributed by atoms with Crippen LogP contribution >= 0.6 is 0 Å². The zero-order valence-corrected chi connectivity index (χ0v) is 15.7. The molecule has 2 aliphatic rings. The second-order valence-electron chi connectivity index (χ2n) is 7.08. The Morgan fingerprint density at radius 3 is 2.36 bits per heavy atom. The van der Waals surface area contributed by atoms with E-state index in [0.717, 1.165) is 25.8 Å². The van der Waals surface area contributed by atoms with Gasteiger partial charge in [-0.25, -0.2) is 8.42 Å². The molecule has 1 aromatic carbocycles. The van der Waals surface area contributed by atoms with Crippen LogP contribution in [0.5, 0.6) is 0 Å². The van der Waals surface area contributed by atoms with E-state index in [2.05, 4.69) is 11.8 Å². The van der Waals surface area contributed by atoms with E-state index in [0.29, 0.717) is 36.9 Å². The number of hydrogen-bond acceptors (Lipinski definition) is 3. The van der Waals surface area contributed by atoms with Crippen molar-refractivity contribution in [2.75, 3.05) is 19.6 Å². The van der Waals surface area contributed by atoms with Crippen LogP contribution in [0.15, 0.2) is 35.2 Å². The molecule has 3 rings (SSSR count). The summed E-state index contributed by atoms with van der Waals surface area (Å²) in [5.41, 5.74) is 0. The molecular formula is C19H28N2O3S. The van der Waals surface area contributed by atoms with Gasteiger partial charge in [0, 0.05) is 31.6 Å². The Labute approximate surface area is 151 Å². The van der Waals surface area contributed by atoms with Gasteiger partial charge in [-0.05, 0) is 50.7 Å². The lowest BCUT2D eigenvalue weighted by molar-refractivity contribution is -0.140. The highest BCUT2D eigenvalue weighted by Gasteiger charge is 2.35. The highest BCUT2D eigenvalue weighted by Crippen LogP contribution is 2.28. The third kappa shape index (κ3) is 3.90. The van der Waals surface area contributed by atoms with Gasteiger partial charge in [0.25, 0.3) is 0 Å². The van der Waals surface area contributed by atoms with Crippen molar-refractivity contribution in [3.05, 3.63) is 30.3 Å². The summed E-state index contributed by atoms with van der Waals surface area (Å²) in [5.74, 6) is 0.206. The lowest BCUT2D eigenvalue weighted by Crippen LogP contribution is -2.49. The van der Waals surface area contributed by atoms with Crippen molar-refractivity contribution in [1.82, 2.24) is 9.21 Å². The van der Waals surface area contributed by atoms with E-state index >= 15 is 0 Å². The number of rotatable bonds is 4. The maximum Gasteiger partial charge on any atom is 0.243 e.